The van der Waals surface area contributed by atoms with Gasteiger partial charge < -0.3 is 14.8 Å². The van der Waals surface area contributed by atoms with Crippen LogP contribution in [0, 0.1) is 5.92 Å². The van der Waals surface area contributed by atoms with Gasteiger partial charge in [0.05, 0.1) is 13.1 Å². The minimum atomic E-state index is -0.359. The summed E-state index contributed by atoms with van der Waals surface area (Å²) in [6.45, 7) is 8.77. The summed E-state index contributed by atoms with van der Waals surface area (Å²) in [5, 5.41) is 2.31. The largest absolute Gasteiger partial charge is 0.458 e. The molecule has 0 saturated carbocycles. The highest BCUT2D eigenvalue weighted by Gasteiger charge is 2.35. The van der Waals surface area contributed by atoms with Crippen LogP contribution in [0.3, 0.4) is 0 Å². The molecule has 1 heterocycles. The van der Waals surface area contributed by atoms with E-state index in [1.807, 2.05) is 20.8 Å². The number of hydrogen-bond acceptors (Lipinski definition) is 3. The van der Waals surface area contributed by atoms with Crippen molar-refractivity contribution >= 4 is 5.97 Å². The Bertz CT molecular complexity index is 222. The molecule has 1 aliphatic rings. The average Bonchev–Trinajstić information content (AvgIpc) is 2.27. The third kappa shape index (κ3) is 4.10. The molecule has 1 aliphatic heterocycles. The number of carbonyl (C=O) groups excluding carboxylic acids is 1. The average molecular weight is 230 g/mol. The lowest BCUT2D eigenvalue weighted by molar-refractivity contribution is -0.665. The molecule has 0 radical (unpaired) electrons. The Labute approximate surface area is 97.7 Å². The fourth-order valence-electron chi connectivity index (χ4n) is 2.21. The summed E-state index contributed by atoms with van der Waals surface area (Å²) in [4.78, 5) is 11.5. The van der Waals surface area contributed by atoms with E-state index in [1.54, 1.807) is 0 Å². The summed E-state index contributed by atoms with van der Waals surface area (Å²) >= 11 is 0. The first-order valence-electron chi connectivity index (χ1n) is 6.17. The molecule has 0 spiro atoms. The molecule has 0 aromatic rings. The van der Waals surface area contributed by atoms with E-state index in [2.05, 4.69) is 5.32 Å². The van der Waals surface area contributed by atoms with Crippen LogP contribution in [-0.2, 0) is 14.3 Å². The van der Waals surface area contributed by atoms with E-state index in [1.165, 1.54) is 0 Å². The molecule has 1 saturated heterocycles. The summed E-state index contributed by atoms with van der Waals surface area (Å²) in [5.41, 5.74) is -0.359. The molecule has 0 atom stereocenters. The van der Waals surface area contributed by atoms with Crippen LogP contribution in [0.15, 0.2) is 0 Å². The summed E-state index contributed by atoms with van der Waals surface area (Å²) in [6.07, 6.45) is 2.24. The van der Waals surface area contributed by atoms with Crippen molar-refractivity contribution in [2.24, 2.45) is 5.92 Å². The van der Waals surface area contributed by atoms with Gasteiger partial charge in [0.15, 0.2) is 0 Å². The van der Waals surface area contributed by atoms with Crippen LogP contribution >= 0.6 is 0 Å². The molecule has 1 rings (SSSR count). The zero-order chi connectivity index (χ0) is 12.0. The Balaban J connectivity index is 2.39. The van der Waals surface area contributed by atoms with E-state index in [-0.39, 0.29) is 18.2 Å². The maximum atomic E-state index is 11.5. The fourth-order valence-corrected chi connectivity index (χ4v) is 2.21. The summed E-state index contributed by atoms with van der Waals surface area (Å²) < 4.78 is 10.5. The van der Waals surface area contributed by atoms with E-state index >= 15 is 0 Å². The third-order valence-corrected chi connectivity index (χ3v) is 3.22. The predicted molar refractivity (Wildman–Crippen MR) is 61.0 cm³/mol. The van der Waals surface area contributed by atoms with Gasteiger partial charge in [-0.3, -0.25) is 0 Å². The lowest BCUT2D eigenvalue weighted by Gasteiger charge is -2.35. The first kappa shape index (κ1) is 13.5. The third-order valence-electron chi connectivity index (χ3n) is 3.22. The summed E-state index contributed by atoms with van der Waals surface area (Å²) in [6, 6.07) is 0. The van der Waals surface area contributed by atoms with Crippen molar-refractivity contribution in [1.82, 2.24) is 0 Å². The Morgan fingerprint density at radius 2 is 2.00 bits per heavy atom. The number of esters is 1. The zero-order valence-corrected chi connectivity index (χ0v) is 10.6. The number of rotatable bonds is 5. The van der Waals surface area contributed by atoms with Crippen molar-refractivity contribution in [3.05, 3.63) is 0 Å². The maximum Gasteiger partial charge on any atom is 0.332 e. The first-order valence-corrected chi connectivity index (χ1v) is 6.17. The second-order valence-corrected chi connectivity index (χ2v) is 4.85. The van der Waals surface area contributed by atoms with Crippen LogP contribution in [0.25, 0.3) is 0 Å². The smallest absolute Gasteiger partial charge is 0.332 e. The zero-order valence-electron chi connectivity index (χ0n) is 10.6. The van der Waals surface area contributed by atoms with Gasteiger partial charge in [0.2, 0.25) is 0 Å². The van der Waals surface area contributed by atoms with Gasteiger partial charge in [-0.1, -0.05) is 0 Å². The lowest BCUT2D eigenvalue weighted by atomic mass is 9.83. The lowest BCUT2D eigenvalue weighted by Crippen LogP contribution is -2.86. The van der Waals surface area contributed by atoms with Crippen LogP contribution in [0.4, 0.5) is 0 Å². The van der Waals surface area contributed by atoms with Crippen molar-refractivity contribution in [1.29, 1.82) is 0 Å². The molecule has 0 amide bonds. The number of carbonyl (C=O) groups is 1. The Hall–Kier alpha value is -0.610. The first-order chi connectivity index (χ1) is 7.56. The van der Waals surface area contributed by atoms with Gasteiger partial charge in [0.25, 0.3) is 0 Å². The van der Waals surface area contributed by atoms with Gasteiger partial charge in [0, 0.05) is 25.4 Å². The van der Waals surface area contributed by atoms with Crippen molar-refractivity contribution in [2.75, 3.05) is 26.3 Å². The molecule has 1 fully saturated rings. The molecule has 0 unspecified atom stereocenters. The molecule has 0 aromatic heterocycles. The topological polar surface area (TPSA) is 52.1 Å². The molecule has 16 heavy (non-hydrogen) atoms. The normalized spacial score (nSPS) is 18.4. The molecular weight excluding hydrogens is 206 g/mol. The minimum absolute atomic E-state index is 0.0682. The van der Waals surface area contributed by atoms with E-state index < -0.39 is 0 Å². The summed E-state index contributed by atoms with van der Waals surface area (Å²) in [5.74, 6) is 0.226. The second kappa shape index (κ2) is 6.21. The van der Waals surface area contributed by atoms with Gasteiger partial charge in [-0.2, -0.15) is 0 Å². The van der Waals surface area contributed by atoms with E-state index in [0.29, 0.717) is 12.5 Å². The van der Waals surface area contributed by atoms with Crippen molar-refractivity contribution in [3.8, 4) is 0 Å². The van der Waals surface area contributed by atoms with Crippen LogP contribution in [0.5, 0.6) is 0 Å². The highest BCUT2D eigenvalue weighted by molar-refractivity contribution is 5.71. The standard InChI is InChI=1S/C12H23NO3/c1-4-15-9-11(14)16-12(2,3)10-5-7-13-8-6-10/h10,13H,4-9H2,1-3H3/p+1. The number of hydrogen-bond donors (Lipinski definition) is 1. The monoisotopic (exact) mass is 230 g/mol. The van der Waals surface area contributed by atoms with Gasteiger partial charge >= 0.3 is 5.97 Å². The SMILES string of the molecule is CCOCC(=O)OC(C)(C)C1CC[NH2+]CC1. The van der Waals surface area contributed by atoms with Crippen LogP contribution in [-0.4, -0.2) is 37.9 Å². The Kier molecular flexibility index (Phi) is 5.22. The van der Waals surface area contributed by atoms with E-state index in [9.17, 15) is 4.79 Å². The van der Waals surface area contributed by atoms with Gasteiger partial charge in [-0.25, -0.2) is 4.79 Å². The van der Waals surface area contributed by atoms with Crippen LogP contribution in [0.2, 0.25) is 0 Å². The number of piperidine rings is 1. The number of nitrogens with two attached hydrogens (primary N) is 1. The second-order valence-electron chi connectivity index (χ2n) is 4.85. The van der Waals surface area contributed by atoms with Crippen molar-refractivity contribution < 1.29 is 19.6 Å². The van der Waals surface area contributed by atoms with Crippen molar-refractivity contribution in [3.63, 3.8) is 0 Å². The van der Waals surface area contributed by atoms with E-state index in [4.69, 9.17) is 9.47 Å². The molecule has 2 N–H and O–H groups in total. The molecule has 0 aromatic carbocycles. The quantitative estimate of drug-likeness (QED) is 0.692. The van der Waals surface area contributed by atoms with Gasteiger partial charge in [-0.15, -0.1) is 0 Å². The van der Waals surface area contributed by atoms with Gasteiger partial charge in [-0.05, 0) is 20.8 Å². The molecule has 4 nitrogen and oxygen atoms in total. The number of ether oxygens (including phenoxy) is 2. The van der Waals surface area contributed by atoms with Crippen LogP contribution < -0.4 is 5.32 Å². The molecular formula is C12H24NO3+. The highest BCUT2D eigenvalue weighted by atomic mass is 16.6. The van der Waals surface area contributed by atoms with E-state index in [0.717, 1.165) is 25.9 Å². The minimum Gasteiger partial charge on any atom is -0.458 e. The highest BCUT2D eigenvalue weighted by Crippen LogP contribution is 2.27. The molecule has 0 aliphatic carbocycles. The maximum absolute atomic E-state index is 11.5. The molecule has 94 valence electrons. The molecule has 4 heteroatoms. The van der Waals surface area contributed by atoms with Crippen LogP contribution in [0.1, 0.15) is 33.6 Å². The Morgan fingerprint density at radius 3 is 2.56 bits per heavy atom. The van der Waals surface area contributed by atoms with Gasteiger partial charge in [0.1, 0.15) is 12.2 Å². The molecule has 0 bridgehead atoms. The fraction of sp³-hybridized carbons (Fsp3) is 0.917. The predicted octanol–water partition coefficient (Wildman–Crippen LogP) is 0.318. The Morgan fingerprint density at radius 1 is 1.38 bits per heavy atom. The number of quaternary nitrogens is 1. The van der Waals surface area contributed by atoms with Crippen molar-refractivity contribution in [2.45, 2.75) is 39.2 Å². The summed E-state index contributed by atoms with van der Waals surface area (Å²) in [7, 11) is 0.